The second-order valence-corrected chi connectivity index (χ2v) is 29.0. The van der Waals surface area contributed by atoms with Crippen LogP contribution in [0.15, 0.2) is 274 Å². The van der Waals surface area contributed by atoms with Crippen LogP contribution in [0.1, 0.15) is 59.7 Å². The highest BCUT2D eigenvalue weighted by molar-refractivity contribution is 6.03. The highest BCUT2D eigenvalue weighted by atomic mass is 19.1. The molecule has 5 N–H and O–H groups in total. The molecule has 11 aromatic carbocycles. The number of hydrogen-bond donors (Lipinski definition) is 4. The molecule has 0 atom stereocenters. The Morgan fingerprint density at radius 2 is 0.802 bits per heavy atom. The zero-order valence-electron chi connectivity index (χ0n) is 66.1. The van der Waals surface area contributed by atoms with Gasteiger partial charge in [0.1, 0.15) is 23.0 Å². The van der Waals surface area contributed by atoms with Crippen LogP contribution in [-0.4, -0.2) is 134 Å². The number of carbonyl (C=O) groups is 2. The minimum atomic E-state index is -1.91. The molecule has 0 saturated heterocycles. The Balaban J connectivity index is 0.000000202. The van der Waals surface area contributed by atoms with Crippen LogP contribution in [0.3, 0.4) is 0 Å². The monoisotopic (exact) mass is 1620 g/mol. The molecule has 4 aromatic heterocycles. The molecule has 121 heavy (non-hydrogen) atoms. The summed E-state index contributed by atoms with van der Waals surface area (Å²) in [6.45, 7) is 6.52. The second kappa shape index (κ2) is 38.5. The van der Waals surface area contributed by atoms with Crippen LogP contribution >= 0.6 is 0 Å². The number of amides is 1. The number of phenols is 2. The van der Waals surface area contributed by atoms with Crippen molar-refractivity contribution in [1.82, 2.24) is 25.3 Å². The average Bonchev–Trinajstić information content (AvgIpc) is 1.51. The minimum Gasteiger partial charge on any atom is -0.505 e. The van der Waals surface area contributed by atoms with Crippen LogP contribution in [-0.2, 0) is 64.8 Å². The molecule has 0 unspecified atom stereocenters. The number of nitrogens with zero attached hydrogens (tertiary/aromatic N) is 4. The summed E-state index contributed by atoms with van der Waals surface area (Å²) < 4.78 is 88.6. The summed E-state index contributed by atoms with van der Waals surface area (Å²) in [6, 6.07) is 71.1. The number of rotatable bonds is 34. The fourth-order valence-corrected chi connectivity index (χ4v) is 15.2. The van der Waals surface area contributed by atoms with E-state index in [0.717, 1.165) is 130 Å². The maximum atomic E-state index is 14.8. The summed E-state index contributed by atoms with van der Waals surface area (Å²) in [4.78, 5) is 44.1. The van der Waals surface area contributed by atoms with Gasteiger partial charge in [0.15, 0.2) is 28.7 Å². The molecule has 15 aromatic rings. The first-order valence-electron chi connectivity index (χ1n) is 40.0. The number of aromatic hydroxyl groups is 2. The molecule has 17 rings (SSSR count). The lowest BCUT2D eigenvalue weighted by molar-refractivity contribution is 0.0112. The number of aromatic nitrogens is 4. The molecule has 1 amide bonds. The van der Waals surface area contributed by atoms with Gasteiger partial charge in [-0.25, -0.2) is 13.6 Å². The van der Waals surface area contributed by atoms with E-state index in [9.17, 15) is 28.6 Å². The van der Waals surface area contributed by atoms with Gasteiger partial charge in [-0.05, 0) is 138 Å². The Hall–Kier alpha value is -13.4. The standard InChI is InChI=1S/C60H47F2N3O10.C39H39N3O4/c61-51-29-49-56(31-53(51)66)74-57-32-54(67)52(62)30-50(57)60(49)48-14-12-41(28-45(48)59(69)75-60)58(68)65-20-22-70-23-24-71-25-26-72-35-37-9-13-44(43-6-2-4-39-16-19-64-34-47(39)43)55(27-37)73-21-17-36-7-10-40(11-8-36)42-5-1-3-38-15-18-63-33-46(38)42;40-16-20-43-21-22-44-23-24-45-28-30-9-12-36(35-6-2-4-32-14-18-42-27-38(32)35)39(25-30)46-19-15-29-7-10-33(11-8-29)34-5-1-3-31-13-17-41-26-37(31)34/h1-16,18-19,27-34,66-67H,17,20-26,35H2,(H,65,68);1-14,17-18,25-27H,15-16,19-24,28,40H2. The van der Waals surface area contributed by atoms with Gasteiger partial charge in [-0.1, -0.05) is 152 Å². The predicted octanol–water partition coefficient (Wildman–Crippen LogP) is 18.2. The number of carbonyl (C=O) groups excluding carboxylic acids is 2. The highest BCUT2D eigenvalue weighted by Gasteiger charge is 2.54. The summed E-state index contributed by atoms with van der Waals surface area (Å²) >= 11 is 0. The van der Waals surface area contributed by atoms with Gasteiger partial charge in [-0.2, -0.15) is 0 Å². The van der Waals surface area contributed by atoms with Gasteiger partial charge in [-0.3, -0.25) is 24.7 Å². The number of nitrogens with two attached hydrogens (primary N) is 1. The molecule has 0 bridgehead atoms. The number of esters is 1. The molecule has 2 aliphatic rings. The van der Waals surface area contributed by atoms with Gasteiger partial charge >= 0.3 is 5.97 Å². The molecule has 20 nitrogen and oxygen atoms in total. The van der Waals surface area contributed by atoms with Crippen molar-refractivity contribution in [2.45, 2.75) is 31.7 Å². The third-order valence-corrected chi connectivity index (χ3v) is 21.3. The number of ether oxygens (including phenoxy) is 10. The predicted molar refractivity (Wildman–Crippen MR) is 459 cm³/mol. The van der Waals surface area contributed by atoms with Crippen molar-refractivity contribution < 1.29 is 76.0 Å². The lowest BCUT2D eigenvalue weighted by atomic mass is 9.77. The summed E-state index contributed by atoms with van der Waals surface area (Å²) in [5.41, 5.74) is 16.9. The normalized spacial score (nSPS) is 12.4. The third kappa shape index (κ3) is 18.7. The second-order valence-electron chi connectivity index (χ2n) is 29.0. The van der Waals surface area contributed by atoms with Crippen molar-refractivity contribution >= 4 is 55.0 Å². The van der Waals surface area contributed by atoms with Crippen LogP contribution in [0, 0.1) is 11.6 Å². The number of halogens is 2. The van der Waals surface area contributed by atoms with E-state index >= 15 is 0 Å². The fourth-order valence-electron chi connectivity index (χ4n) is 15.2. The first-order chi connectivity index (χ1) is 59.4. The molecule has 0 saturated carbocycles. The van der Waals surface area contributed by atoms with Crippen LogP contribution in [0.4, 0.5) is 8.78 Å². The molecule has 2 aliphatic heterocycles. The van der Waals surface area contributed by atoms with Crippen molar-refractivity contribution in [2.24, 2.45) is 5.73 Å². The zero-order valence-corrected chi connectivity index (χ0v) is 66.1. The van der Waals surface area contributed by atoms with Gasteiger partial charge in [0.25, 0.3) is 5.91 Å². The number of nitrogens with one attached hydrogen (secondary N) is 1. The molecule has 610 valence electrons. The van der Waals surface area contributed by atoms with E-state index in [-0.39, 0.29) is 59.1 Å². The van der Waals surface area contributed by atoms with Crippen LogP contribution in [0.2, 0.25) is 0 Å². The molecular formula is C99H86F2N6O14. The third-order valence-electron chi connectivity index (χ3n) is 21.3. The topological polar surface area (TPSA) is 257 Å². The summed E-state index contributed by atoms with van der Waals surface area (Å²) in [5, 5.41) is 31.9. The van der Waals surface area contributed by atoms with Gasteiger partial charge in [0.2, 0.25) is 0 Å². The van der Waals surface area contributed by atoms with E-state index in [2.05, 4.69) is 165 Å². The van der Waals surface area contributed by atoms with Crippen molar-refractivity contribution in [1.29, 1.82) is 0 Å². The van der Waals surface area contributed by atoms with Gasteiger partial charge in [0, 0.05) is 131 Å². The van der Waals surface area contributed by atoms with Gasteiger partial charge in [0.05, 0.1) is 109 Å². The van der Waals surface area contributed by atoms with Crippen molar-refractivity contribution in [2.75, 3.05) is 92.4 Å². The molecular weight excluding hydrogens is 1540 g/mol. The van der Waals surface area contributed by atoms with Crippen LogP contribution in [0.5, 0.6) is 34.5 Å². The molecule has 22 heteroatoms. The number of benzene rings is 11. The maximum absolute atomic E-state index is 14.8. The number of hydrogen-bond acceptors (Lipinski definition) is 19. The molecule has 1 spiro atoms. The number of fused-ring (bicyclic) bond motifs is 10. The fraction of sp³-hybridized carbons (Fsp3) is 0.192. The average molecular weight is 1620 g/mol. The minimum absolute atomic E-state index is 0.0203. The summed E-state index contributed by atoms with van der Waals surface area (Å²) in [5.74, 6) is -3.47. The van der Waals surface area contributed by atoms with Gasteiger partial charge in [-0.15, -0.1) is 0 Å². The first kappa shape index (κ1) is 81.3. The number of phenolic OH excluding ortho intramolecular Hbond substituents is 2. The SMILES string of the molecule is NCCOCCOCCOCc1ccc(-c2cccc3ccncc23)c(OCCc2ccc(-c3cccc4ccncc34)cc2)c1.O=C(NCCOCCOCCOCc1ccc(-c2cccc3ccncc23)c(OCCc2ccc(-c3cccc4ccncc34)cc2)c1)c1ccc2c(c1)C(=O)OC21c2cc(F)c(O)cc2Oc2cc(O)c(F)cc21. The van der Waals surface area contributed by atoms with E-state index < -0.39 is 40.6 Å². The lowest BCUT2D eigenvalue weighted by Crippen LogP contribution is -2.33. The van der Waals surface area contributed by atoms with Crippen molar-refractivity contribution in [3.8, 4) is 79.0 Å². The summed E-state index contributed by atoms with van der Waals surface area (Å²) in [6.07, 6.45) is 16.4. The van der Waals surface area contributed by atoms with Crippen molar-refractivity contribution in [3.63, 3.8) is 0 Å². The molecule has 0 radical (unpaired) electrons. The highest BCUT2D eigenvalue weighted by Crippen LogP contribution is 2.58. The van der Waals surface area contributed by atoms with Crippen LogP contribution in [0.25, 0.3) is 87.6 Å². The largest absolute Gasteiger partial charge is 0.505 e. The van der Waals surface area contributed by atoms with Crippen LogP contribution < -0.4 is 25.3 Å². The Morgan fingerprint density at radius 3 is 1.25 bits per heavy atom. The van der Waals surface area contributed by atoms with E-state index in [0.29, 0.717) is 92.2 Å². The molecule has 0 aliphatic carbocycles. The Bertz CT molecular complexity index is 6140. The summed E-state index contributed by atoms with van der Waals surface area (Å²) in [7, 11) is 0. The lowest BCUT2D eigenvalue weighted by Gasteiger charge is -2.36. The molecule has 0 fully saturated rings. The van der Waals surface area contributed by atoms with E-state index in [1.165, 1.54) is 40.3 Å². The zero-order chi connectivity index (χ0) is 82.9. The van der Waals surface area contributed by atoms with E-state index in [4.69, 9.17) is 53.1 Å². The maximum Gasteiger partial charge on any atom is 0.340 e. The van der Waals surface area contributed by atoms with E-state index in [1.54, 1.807) is 6.20 Å². The van der Waals surface area contributed by atoms with Crippen molar-refractivity contribution in [3.05, 3.63) is 336 Å². The quantitative estimate of drug-likeness (QED) is 0.0216. The Kier molecular flexibility index (Phi) is 25.9. The smallest absolute Gasteiger partial charge is 0.340 e. The number of pyridine rings is 4. The Morgan fingerprint density at radius 1 is 0.397 bits per heavy atom. The molecule has 6 heterocycles. The first-order valence-corrected chi connectivity index (χ1v) is 40.0. The van der Waals surface area contributed by atoms with E-state index in [1.807, 2.05) is 85.8 Å². The van der Waals surface area contributed by atoms with Gasteiger partial charge < -0.3 is 68.6 Å². The Labute approximate surface area is 697 Å².